The summed E-state index contributed by atoms with van der Waals surface area (Å²) in [6, 6.07) is 5.14. The van der Waals surface area contributed by atoms with Crippen LogP contribution in [0.15, 0.2) is 18.2 Å². The van der Waals surface area contributed by atoms with E-state index in [1.54, 1.807) is 37.3 Å². The SMILES string of the molecule is COc1cc(OC)cc(C(=O)N2CCN(C(=O)c3sc4nc(C)nc(C)c4c3C)CC2)c1. The van der Waals surface area contributed by atoms with Gasteiger partial charge in [-0.3, -0.25) is 9.59 Å². The molecular formula is C23H26N4O4S. The van der Waals surface area contributed by atoms with Gasteiger partial charge in [0.25, 0.3) is 11.8 Å². The number of aryl methyl sites for hydroxylation is 3. The molecule has 4 rings (SSSR count). The molecule has 2 amide bonds. The summed E-state index contributed by atoms with van der Waals surface area (Å²) in [7, 11) is 3.11. The molecule has 0 atom stereocenters. The molecule has 0 N–H and O–H groups in total. The number of aromatic nitrogens is 2. The van der Waals surface area contributed by atoms with Gasteiger partial charge in [0.2, 0.25) is 0 Å². The Hall–Kier alpha value is -3.20. The number of fused-ring (bicyclic) bond motifs is 1. The zero-order valence-electron chi connectivity index (χ0n) is 18.9. The predicted octanol–water partition coefficient (Wildman–Crippen LogP) is 3.23. The van der Waals surface area contributed by atoms with Crippen molar-refractivity contribution in [1.82, 2.24) is 19.8 Å². The van der Waals surface area contributed by atoms with Crippen LogP contribution in [0.1, 0.15) is 37.1 Å². The largest absolute Gasteiger partial charge is 0.497 e. The van der Waals surface area contributed by atoms with Crippen molar-refractivity contribution in [3.63, 3.8) is 0 Å². The monoisotopic (exact) mass is 454 g/mol. The molecule has 168 valence electrons. The zero-order chi connectivity index (χ0) is 23.0. The molecule has 1 saturated heterocycles. The van der Waals surface area contributed by atoms with Crippen molar-refractivity contribution in [3.8, 4) is 11.5 Å². The van der Waals surface area contributed by atoms with Crippen molar-refractivity contribution in [2.45, 2.75) is 20.8 Å². The van der Waals surface area contributed by atoms with Gasteiger partial charge in [0.15, 0.2) is 0 Å². The molecule has 2 aromatic heterocycles. The van der Waals surface area contributed by atoms with Crippen LogP contribution < -0.4 is 9.47 Å². The zero-order valence-corrected chi connectivity index (χ0v) is 19.7. The van der Waals surface area contributed by atoms with Gasteiger partial charge in [-0.1, -0.05) is 0 Å². The molecule has 0 bridgehead atoms. The molecule has 0 radical (unpaired) electrons. The maximum absolute atomic E-state index is 13.3. The lowest BCUT2D eigenvalue weighted by Gasteiger charge is -2.34. The highest BCUT2D eigenvalue weighted by Crippen LogP contribution is 2.32. The van der Waals surface area contributed by atoms with E-state index in [0.717, 1.165) is 21.5 Å². The van der Waals surface area contributed by atoms with Gasteiger partial charge < -0.3 is 19.3 Å². The van der Waals surface area contributed by atoms with Crippen LogP contribution in [0.4, 0.5) is 0 Å². The Balaban J connectivity index is 1.49. The number of nitrogens with zero attached hydrogens (tertiary/aromatic N) is 4. The molecule has 1 fully saturated rings. The molecule has 8 nitrogen and oxygen atoms in total. The van der Waals surface area contributed by atoms with Gasteiger partial charge in [0.05, 0.1) is 19.1 Å². The summed E-state index contributed by atoms with van der Waals surface area (Å²) in [6.07, 6.45) is 0. The topological polar surface area (TPSA) is 84.9 Å². The van der Waals surface area contributed by atoms with E-state index >= 15 is 0 Å². The molecule has 9 heteroatoms. The summed E-state index contributed by atoms with van der Waals surface area (Å²) in [6.45, 7) is 7.64. The minimum atomic E-state index is -0.103. The molecule has 0 saturated carbocycles. The number of carbonyl (C=O) groups excluding carboxylic acids is 2. The standard InChI is InChI=1S/C23H26N4O4S/c1-13-19-14(2)24-15(3)25-21(19)32-20(13)23(29)27-8-6-26(7-9-27)22(28)16-10-17(30-4)12-18(11-16)31-5/h10-12H,6-9H2,1-5H3. The first-order valence-corrected chi connectivity index (χ1v) is 11.2. The second kappa shape index (κ2) is 8.74. The van der Waals surface area contributed by atoms with Crippen molar-refractivity contribution in [2.24, 2.45) is 0 Å². The fraction of sp³-hybridized carbons (Fsp3) is 0.391. The molecule has 3 aromatic rings. The number of methoxy groups -OCH3 is 2. The van der Waals surface area contributed by atoms with Crippen molar-refractivity contribution >= 4 is 33.4 Å². The van der Waals surface area contributed by atoms with Crippen LogP contribution in [0.2, 0.25) is 0 Å². The molecule has 1 aromatic carbocycles. The Morgan fingerprint density at radius 2 is 1.44 bits per heavy atom. The fourth-order valence-corrected chi connectivity index (χ4v) is 5.29. The third-order valence-corrected chi connectivity index (χ3v) is 6.90. The first-order valence-electron chi connectivity index (χ1n) is 10.4. The molecule has 0 aliphatic carbocycles. The Kier molecular flexibility index (Phi) is 6.01. The van der Waals surface area contributed by atoms with Crippen molar-refractivity contribution in [3.05, 3.63) is 45.7 Å². The lowest BCUT2D eigenvalue weighted by Crippen LogP contribution is -2.50. The first kappa shape index (κ1) is 22.0. The van der Waals surface area contributed by atoms with E-state index in [1.165, 1.54) is 11.3 Å². The lowest BCUT2D eigenvalue weighted by molar-refractivity contribution is 0.0537. The van der Waals surface area contributed by atoms with Crippen LogP contribution in [0.25, 0.3) is 10.2 Å². The van der Waals surface area contributed by atoms with Crippen LogP contribution >= 0.6 is 11.3 Å². The summed E-state index contributed by atoms with van der Waals surface area (Å²) in [5.74, 6) is 1.72. The van der Waals surface area contributed by atoms with Gasteiger partial charge in [0, 0.05) is 48.9 Å². The van der Waals surface area contributed by atoms with E-state index < -0.39 is 0 Å². The van der Waals surface area contributed by atoms with Gasteiger partial charge in [-0.2, -0.15) is 0 Å². The molecular weight excluding hydrogens is 428 g/mol. The molecule has 32 heavy (non-hydrogen) atoms. The Morgan fingerprint density at radius 3 is 2.00 bits per heavy atom. The highest BCUT2D eigenvalue weighted by Gasteiger charge is 2.28. The second-order valence-corrected chi connectivity index (χ2v) is 8.78. The molecule has 1 aliphatic heterocycles. The van der Waals surface area contributed by atoms with Gasteiger partial charge >= 0.3 is 0 Å². The number of carbonyl (C=O) groups is 2. The van der Waals surface area contributed by atoms with E-state index in [1.807, 2.05) is 25.7 Å². The van der Waals surface area contributed by atoms with E-state index in [4.69, 9.17) is 9.47 Å². The van der Waals surface area contributed by atoms with E-state index in [0.29, 0.717) is 53.9 Å². The average Bonchev–Trinajstić information content (AvgIpc) is 3.13. The van der Waals surface area contributed by atoms with Gasteiger partial charge in [0.1, 0.15) is 22.2 Å². The molecule has 0 unspecified atom stereocenters. The second-order valence-electron chi connectivity index (χ2n) is 7.78. The minimum absolute atomic E-state index is 0.0160. The highest BCUT2D eigenvalue weighted by molar-refractivity contribution is 7.20. The van der Waals surface area contributed by atoms with Crippen LogP contribution in [0.5, 0.6) is 11.5 Å². The summed E-state index contributed by atoms with van der Waals surface area (Å²) in [4.78, 5) is 40.3. The number of hydrogen-bond donors (Lipinski definition) is 0. The summed E-state index contributed by atoms with van der Waals surface area (Å²) in [5.41, 5.74) is 2.32. The number of hydrogen-bond acceptors (Lipinski definition) is 7. The summed E-state index contributed by atoms with van der Waals surface area (Å²) < 4.78 is 10.5. The molecule has 0 spiro atoms. The maximum Gasteiger partial charge on any atom is 0.264 e. The number of rotatable bonds is 4. The number of ether oxygens (including phenoxy) is 2. The lowest BCUT2D eigenvalue weighted by atomic mass is 10.1. The van der Waals surface area contributed by atoms with Crippen LogP contribution in [-0.4, -0.2) is 72.0 Å². The Bertz CT molecular complexity index is 1180. The number of amides is 2. The van der Waals surface area contributed by atoms with Crippen LogP contribution in [0.3, 0.4) is 0 Å². The number of benzene rings is 1. The third kappa shape index (κ3) is 4.00. The molecule has 3 heterocycles. The van der Waals surface area contributed by atoms with E-state index in [2.05, 4.69) is 9.97 Å². The van der Waals surface area contributed by atoms with Crippen LogP contribution in [0, 0.1) is 20.8 Å². The smallest absolute Gasteiger partial charge is 0.264 e. The highest BCUT2D eigenvalue weighted by atomic mass is 32.1. The molecule has 1 aliphatic rings. The third-order valence-electron chi connectivity index (χ3n) is 5.73. The Morgan fingerprint density at radius 1 is 0.875 bits per heavy atom. The van der Waals surface area contributed by atoms with Gasteiger partial charge in [-0.25, -0.2) is 9.97 Å². The quantitative estimate of drug-likeness (QED) is 0.602. The first-order chi connectivity index (χ1) is 15.3. The average molecular weight is 455 g/mol. The van der Waals surface area contributed by atoms with Crippen molar-refractivity contribution in [2.75, 3.05) is 40.4 Å². The van der Waals surface area contributed by atoms with E-state index in [-0.39, 0.29) is 11.8 Å². The fourth-order valence-electron chi connectivity index (χ4n) is 4.05. The normalized spacial score (nSPS) is 14.0. The maximum atomic E-state index is 13.3. The minimum Gasteiger partial charge on any atom is -0.497 e. The summed E-state index contributed by atoms with van der Waals surface area (Å²) in [5, 5.41) is 0.963. The van der Waals surface area contributed by atoms with Gasteiger partial charge in [-0.05, 0) is 38.5 Å². The number of piperazine rings is 1. The van der Waals surface area contributed by atoms with Crippen molar-refractivity contribution < 1.29 is 19.1 Å². The van der Waals surface area contributed by atoms with Crippen LogP contribution in [-0.2, 0) is 0 Å². The Labute approximate surface area is 190 Å². The van der Waals surface area contributed by atoms with E-state index in [9.17, 15) is 9.59 Å². The van der Waals surface area contributed by atoms with Gasteiger partial charge in [-0.15, -0.1) is 11.3 Å². The number of thiophene rings is 1. The van der Waals surface area contributed by atoms with Crippen molar-refractivity contribution in [1.29, 1.82) is 0 Å². The predicted molar refractivity (Wildman–Crippen MR) is 123 cm³/mol. The summed E-state index contributed by atoms with van der Waals surface area (Å²) >= 11 is 1.42.